The predicted molar refractivity (Wildman–Crippen MR) is 113 cm³/mol. The van der Waals surface area contributed by atoms with Gasteiger partial charge in [0.25, 0.3) is 0 Å². The lowest BCUT2D eigenvalue weighted by Gasteiger charge is -2.26. The molecule has 0 amide bonds. The Morgan fingerprint density at radius 3 is 2.81 bits per heavy atom. The summed E-state index contributed by atoms with van der Waals surface area (Å²) in [5.74, 6) is 0. The normalized spacial score (nSPS) is 23.3. The molecule has 4 heteroatoms. The van der Waals surface area contributed by atoms with Gasteiger partial charge in [-0.15, -0.1) is 11.3 Å². The number of benzene rings is 2. The molecule has 0 spiro atoms. The number of para-hydroxylation sites is 1. The Balaban J connectivity index is 1.43. The highest BCUT2D eigenvalue weighted by molar-refractivity contribution is 7.19. The van der Waals surface area contributed by atoms with Crippen LogP contribution in [0.5, 0.6) is 0 Å². The summed E-state index contributed by atoms with van der Waals surface area (Å²) in [7, 11) is 0. The van der Waals surface area contributed by atoms with Crippen molar-refractivity contribution in [2.75, 3.05) is 5.06 Å². The molecule has 0 aliphatic carbocycles. The quantitative estimate of drug-likeness (QED) is 0.574. The van der Waals surface area contributed by atoms with E-state index in [0.29, 0.717) is 6.04 Å². The molecule has 138 valence electrons. The van der Waals surface area contributed by atoms with E-state index in [1.807, 2.05) is 0 Å². The van der Waals surface area contributed by atoms with Crippen LogP contribution in [-0.4, -0.2) is 17.1 Å². The number of thiazole rings is 1. The highest BCUT2D eigenvalue weighted by Crippen LogP contribution is 2.48. The molecular weight excluding hydrogens is 352 g/mol. The van der Waals surface area contributed by atoms with Crippen molar-refractivity contribution in [2.24, 2.45) is 5.41 Å². The minimum absolute atomic E-state index is 0.0411. The number of fused-ring (bicyclic) bond motifs is 4. The molecule has 1 aromatic heterocycles. The van der Waals surface area contributed by atoms with Crippen LogP contribution in [0.1, 0.15) is 35.5 Å². The van der Waals surface area contributed by atoms with Gasteiger partial charge in [-0.05, 0) is 67.3 Å². The second-order valence-electron chi connectivity index (χ2n) is 8.34. The molecule has 3 heterocycles. The molecule has 5 rings (SSSR count). The number of hydroxylamine groups is 1. The summed E-state index contributed by atoms with van der Waals surface area (Å²) >= 11 is 1.75. The van der Waals surface area contributed by atoms with Crippen LogP contribution in [0.15, 0.2) is 42.5 Å². The van der Waals surface area contributed by atoms with Crippen molar-refractivity contribution in [3.63, 3.8) is 0 Å². The zero-order valence-corrected chi connectivity index (χ0v) is 17.0. The molecule has 1 fully saturated rings. The summed E-state index contributed by atoms with van der Waals surface area (Å²) in [5.41, 5.74) is 6.35. The molecule has 3 aromatic rings. The third kappa shape index (κ3) is 2.62. The van der Waals surface area contributed by atoms with Crippen molar-refractivity contribution in [2.45, 2.75) is 46.3 Å². The van der Waals surface area contributed by atoms with E-state index in [9.17, 15) is 0 Å². The summed E-state index contributed by atoms with van der Waals surface area (Å²) in [5, 5.41) is 3.18. The van der Waals surface area contributed by atoms with Crippen LogP contribution in [0.3, 0.4) is 0 Å². The smallest absolute Gasteiger partial charge is 0.117 e. The molecule has 0 N–H and O–H groups in total. The van der Waals surface area contributed by atoms with Gasteiger partial charge in [-0.25, -0.2) is 10.0 Å². The van der Waals surface area contributed by atoms with Gasteiger partial charge in [0.15, 0.2) is 0 Å². The topological polar surface area (TPSA) is 25.4 Å². The average molecular weight is 377 g/mol. The van der Waals surface area contributed by atoms with Crippen molar-refractivity contribution in [3.05, 3.63) is 64.2 Å². The fourth-order valence-electron chi connectivity index (χ4n) is 4.22. The maximum atomic E-state index is 6.38. The van der Waals surface area contributed by atoms with Crippen LogP contribution in [0.2, 0.25) is 0 Å². The lowest BCUT2D eigenvalue weighted by atomic mass is 9.78. The van der Waals surface area contributed by atoms with Gasteiger partial charge in [0, 0.05) is 5.41 Å². The maximum Gasteiger partial charge on any atom is 0.117 e. The van der Waals surface area contributed by atoms with E-state index in [0.717, 1.165) is 16.9 Å². The first kappa shape index (κ1) is 17.0. The maximum absolute atomic E-state index is 6.38. The van der Waals surface area contributed by atoms with Crippen molar-refractivity contribution in [1.82, 2.24) is 4.98 Å². The van der Waals surface area contributed by atoms with Crippen molar-refractivity contribution in [1.29, 1.82) is 0 Å². The standard InChI is InChI=1S/C23H24N2OS/c1-14-11-17-19(12-15(14)2)27-22(24-17)10-9-21-23(3,4)20-13-16-7-5-6-8-18(16)25(20)26-21/h5-12,20-21H,13H2,1-4H3. The zero-order chi connectivity index (χ0) is 18.8. The first-order chi connectivity index (χ1) is 12.9. The van der Waals surface area contributed by atoms with Crippen molar-refractivity contribution in [3.8, 4) is 0 Å². The molecule has 2 aliphatic rings. The lowest BCUT2D eigenvalue weighted by Crippen LogP contribution is -2.36. The Morgan fingerprint density at radius 1 is 1.19 bits per heavy atom. The Hall–Kier alpha value is -2.17. The predicted octanol–water partition coefficient (Wildman–Crippen LogP) is 5.70. The molecule has 3 nitrogen and oxygen atoms in total. The third-order valence-corrected chi connectivity index (χ3v) is 7.16. The first-order valence-electron chi connectivity index (χ1n) is 9.53. The van der Waals surface area contributed by atoms with Gasteiger partial charge in [0.1, 0.15) is 11.1 Å². The number of nitrogens with zero attached hydrogens (tertiary/aromatic N) is 2. The van der Waals surface area contributed by atoms with Gasteiger partial charge in [-0.1, -0.05) is 32.0 Å². The summed E-state index contributed by atoms with van der Waals surface area (Å²) in [4.78, 5) is 11.2. The number of aromatic nitrogens is 1. The molecule has 2 aromatic carbocycles. The second kappa shape index (κ2) is 5.91. The van der Waals surface area contributed by atoms with Gasteiger partial charge in [-0.2, -0.15) is 0 Å². The first-order valence-corrected chi connectivity index (χ1v) is 10.3. The Morgan fingerprint density at radius 2 is 1.96 bits per heavy atom. The van der Waals surface area contributed by atoms with E-state index in [1.165, 1.54) is 27.1 Å². The molecule has 2 aliphatic heterocycles. The van der Waals surface area contributed by atoms with E-state index in [-0.39, 0.29) is 11.5 Å². The van der Waals surface area contributed by atoms with E-state index < -0.39 is 0 Å². The summed E-state index contributed by atoms with van der Waals surface area (Å²) in [6.07, 6.45) is 5.42. The van der Waals surface area contributed by atoms with Crippen LogP contribution in [0.4, 0.5) is 5.69 Å². The summed E-state index contributed by atoms with van der Waals surface area (Å²) in [6, 6.07) is 13.4. The molecule has 27 heavy (non-hydrogen) atoms. The molecule has 1 saturated heterocycles. The molecule has 0 saturated carbocycles. The van der Waals surface area contributed by atoms with Crippen LogP contribution in [0, 0.1) is 19.3 Å². The second-order valence-corrected chi connectivity index (χ2v) is 9.40. The number of hydrogen-bond donors (Lipinski definition) is 0. The van der Waals surface area contributed by atoms with Crippen LogP contribution in [-0.2, 0) is 11.3 Å². The van der Waals surface area contributed by atoms with Crippen LogP contribution in [0.25, 0.3) is 16.3 Å². The van der Waals surface area contributed by atoms with Crippen LogP contribution < -0.4 is 5.06 Å². The largest absolute Gasteiger partial charge is 0.265 e. The molecule has 2 unspecified atom stereocenters. The minimum Gasteiger partial charge on any atom is -0.265 e. The molecule has 0 bridgehead atoms. The summed E-state index contributed by atoms with van der Waals surface area (Å²) in [6.45, 7) is 8.92. The Kier molecular flexibility index (Phi) is 3.72. The summed E-state index contributed by atoms with van der Waals surface area (Å²) < 4.78 is 1.25. The number of rotatable bonds is 2. The van der Waals surface area contributed by atoms with Crippen molar-refractivity contribution >= 4 is 33.3 Å². The van der Waals surface area contributed by atoms with Gasteiger partial charge in [-0.3, -0.25) is 4.84 Å². The number of anilines is 1. The van der Waals surface area contributed by atoms with Gasteiger partial charge in [0.05, 0.1) is 21.9 Å². The fourth-order valence-corrected chi connectivity index (χ4v) is 5.18. The highest BCUT2D eigenvalue weighted by atomic mass is 32.1. The lowest BCUT2D eigenvalue weighted by molar-refractivity contribution is 0.0849. The van der Waals surface area contributed by atoms with E-state index in [2.05, 4.69) is 81.3 Å². The number of aryl methyl sites for hydroxylation is 2. The van der Waals surface area contributed by atoms with Gasteiger partial charge < -0.3 is 0 Å². The number of hydrogen-bond acceptors (Lipinski definition) is 4. The van der Waals surface area contributed by atoms with E-state index >= 15 is 0 Å². The van der Waals surface area contributed by atoms with Crippen LogP contribution >= 0.6 is 11.3 Å². The highest BCUT2D eigenvalue weighted by Gasteiger charge is 2.52. The Labute approximate surface area is 164 Å². The molecule has 0 radical (unpaired) electrons. The monoisotopic (exact) mass is 376 g/mol. The zero-order valence-electron chi connectivity index (χ0n) is 16.2. The minimum atomic E-state index is 0.0411. The third-order valence-electron chi connectivity index (χ3n) is 6.18. The fraction of sp³-hybridized carbons (Fsp3) is 0.348. The molecular formula is C23H24N2OS. The SMILES string of the molecule is Cc1cc2nc(C=CC3ON4c5ccccc5CC4C3(C)C)sc2cc1C. The van der Waals surface area contributed by atoms with Gasteiger partial charge >= 0.3 is 0 Å². The molecule has 2 atom stereocenters. The van der Waals surface area contributed by atoms with E-state index in [1.54, 1.807) is 11.3 Å². The van der Waals surface area contributed by atoms with E-state index in [4.69, 9.17) is 9.82 Å². The average Bonchev–Trinajstić information content (AvgIpc) is 3.26. The van der Waals surface area contributed by atoms with Crippen molar-refractivity contribution < 1.29 is 4.84 Å². The van der Waals surface area contributed by atoms with Gasteiger partial charge in [0.2, 0.25) is 0 Å². The Bertz CT molecular complexity index is 1030.